The van der Waals surface area contributed by atoms with Crippen LogP contribution < -0.4 is 5.32 Å². The highest BCUT2D eigenvalue weighted by atomic mass is 79.9. The molecule has 7 heteroatoms. The molecule has 1 aliphatic heterocycles. The van der Waals surface area contributed by atoms with E-state index >= 15 is 0 Å². The summed E-state index contributed by atoms with van der Waals surface area (Å²) in [5, 5.41) is 3.34. The van der Waals surface area contributed by atoms with E-state index in [1.165, 1.54) is 10.6 Å². The Hall–Kier alpha value is -0.660. The minimum Gasteiger partial charge on any atom is -0.366 e. The minimum absolute atomic E-state index is 0.121. The number of aromatic nitrogens is 1. The van der Waals surface area contributed by atoms with Gasteiger partial charge in [-0.1, -0.05) is 0 Å². The molecule has 1 aliphatic rings. The van der Waals surface area contributed by atoms with Crippen molar-refractivity contribution >= 4 is 31.8 Å². The number of aryl methyl sites for hydroxylation is 1. The Balaban J connectivity index is 2.07. The maximum Gasteiger partial charge on any atom is 0.211 e. The molecule has 0 spiro atoms. The van der Waals surface area contributed by atoms with Gasteiger partial charge in [0.25, 0.3) is 0 Å². The van der Waals surface area contributed by atoms with E-state index in [9.17, 15) is 8.42 Å². The zero-order chi connectivity index (χ0) is 14.0. The normalized spacial score (nSPS) is 21.3. The lowest BCUT2D eigenvalue weighted by molar-refractivity contribution is 0.329. The van der Waals surface area contributed by atoms with Crippen LogP contribution in [-0.4, -0.2) is 43.1 Å². The predicted molar refractivity (Wildman–Crippen MR) is 79.7 cm³/mol. The molecule has 106 valence electrons. The van der Waals surface area contributed by atoms with Crippen LogP contribution in [0.25, 0.3) is 0 Å². The van der Waals surface area contributed by atoms with Gasteiger partial charge in [-0.2, -0.15) is 0 Å². The van der Waals surface area contributed by atoms with Crippen LogP contribution in [0.5, 0.6) is 0 Å². The number of anilines is 1. The molecule has 1 fully saturated rings. The smallest absolute Gasteiger partial charge is 0.211 e. The molecule has 0 aliphatic carbocycles. The van der Waals surface area contributed by atoms with Crippen molar-refractivity contribution in [2.45, 2.75) is 25.8 Å². The number of hydrogen-bond donors (Lipinski definition) is 1. The Kier molecular flexibility index (Phi) is 4.47. The predicted octanol–water partition coefficient (Wildman–Crippen LogP) is 1.99. The number of hydrogen-bond acceptors (Lipinski definition) is 4. The first-order valence-electron chi connectivity index (χ1n) is 6.20. The van der Waals surface area contributed by atoms with E-state index < -0.39 is 10.0 Å². The number of rotatable bonds is 3. The summed E-state index contributed by atoms with van der Waals surface area (Å²) in [5.74, 6) is 0.823. The minimum atomic E-state index is -3.10. The second-order valence-corrected chi connectivity index (χ2v) is 7.82. The summed E-state index contributed by atoms with van der Waals surface area (Å²) < 4.78 is 25.6. The lowest BCUT2D eigenvalue weighted by atomic mass is 10.1. The number of sulfonamides is 1. The van der Waals surface area contributed by atoms with E-state index in [0.717, 1.165) is 28.7 Å². The summed E-state index contributed by atoms with van der Waals surface area (Å²) in [7, 11) is -3.10. The van der Waals surface area contributed by atoms with Crippen molar-refractivity contribution in [1.82, 2.24) is 9.29 Å². The zero-order valence-corrected chi connectivity index (χ0v) is 13.5. The largest absolute Gasteiger partial charge is 0.366 e. The third-order valence-corrected chi connectivity index (χ3v) is 4.94. The van der Waals surface area contributed by atoms with Crippen molar-refractivity contribution in [1.29, 1.82) is 0 Å². The Labute approximate surface area is 122 Å². The molecule has 1 saturated heterocycles. The van der Waals surface area contributed by atoms with Gasteiger partial charge in [-0.3, -0.25) is 0 Å². The van der Waals surface area contributed by atoms with Gasteiger partial charge in [0.05, 0.1) is 6.26 Å². The van der Waals surface area contributed by atoms with E-state index in [2.05, 4.69) is 26.2 Å². The second kappa shape index (κ2) is 5.76. The molecule has 1 atom stereocenters. The van der Waals surface area contributed by atoms with Crippen molar-refractivity contribution in [2.24, 2.45) is 0 Å². The monoisotopic (exact) mass is 347 g/mol. The summed E-state index contributed by atoms with van der Waals surface area (Å²) >= 11 is 3.38. The molecule has 2 heterocycles. The lowest BCUT2D eigenvalue weighted by Crippen LogP contribution is -2.44. The summed E-state index contributed by atoms with van der Waals surface area (Å²) in [6, 6.07) is 2.11. The summed E-state index contributed by atoms with van der Waals surface area (Å²) in [6.45, 7) is 3.11. The third kappa shape index (κ3) is 3.90. The fourth-order valence-electron chi connectivity index (χ4n) is 2.25. The molecule has 1 N–H and O–H groups in total. The van der Waals surface area contributed by atoms with Gasteiger partial charge in [0.15, 0.2) is 0 Å². The number of nitrogens with one attached hydrogen (secondary N) is 1. The summed E-state index contributed by atoms with van der Waals surface area (Å²) in [4.78, 5) is 4.33. The topological polar surface area (TPSA) is 62.3 Å². The summed E-state index contributed by atoms with van der Waals surface area (Å²) in [6.07, 6.45) is 4.84. The highest BCUT2D eigenvalue weighted by Crippen LogP contribution is 2.21. The van der Waals surface area contributed by atoms with Crippen molar-refractivity contribution in [2.75, 3.05) is 24.7 Å². The molecule has 19 heavy (non-hydrogen) atoms. The fraction of sp³-hybridized carbons (Fsp3) is 0.583. The molecule has 2 rings (SSSR count). The Morgan fingerprint density at radius 3 is 2.89 bits per heavy atom. The quantitative estimate of drug-likeness (QED) is 0.908. The first-order valence-corrected chi connectivity index (χ1v) is 8.84. The van der Waals surface area contributed by atoms with E-state index in [1.54, 1.807) is 6.20 Å². The Morgan fingerprint density at radius 1 is 1.53 bits per heavy atom. The highest BCUT2D eigenvalue weighted by molar-refractivity contribution is 9.10. The van der Waals surface area contributed by atoms with Crippen molar-refractivity contribution in [3.63, 3.8) is 0 Å². The third-order valence-electron chi connectivity index (χ3n) is 3.24. The second-order valence-electron chi connectivity index (χ2n) is 4.92. The number of piperidine rings is 1. The molecule has 5 nitrogen and oxygen atoms in total. The Morgan fingerprint density at radius 2 is 2.26 bits per heavy atom. The lowest BCUT2D eigenvalue weighted by Gasteiger charge is -2.32. The molecule has 1 unspecified atom stereocenters. The van der Waals surface area contributed by atoms with Crippen molar-refractivity contribution in [3.8, 4) is 0 Å². The average Bonchev–Trinajstić information content (AvgIpc) is 2.32. The van der Waals surface area contributed by atoms with Gasteiger partial charge in [-0.25, -0.2) is 17.7 Å². The van der Waals surface area contributed by atoms with Gasteiger partial charge in [-0.05, 0) is 47.3 Å². The van der Waals surface area contributed by atoms with E-state index in [1.807, 2.05) is 13.0 Å². The first-order chi connectivity index (χ1) is 8.86. The SMILES string of the molecule is Cc1cc(Br)cnc1NC1CCCN(S(C)(=O)=O)C1. The van der Waals surface area contributed by atoms with Crippen LogP contribution in [0.2, 0.25) is 0 Å². The van der Waals surface area contributed by atoms with Gasteiger partial charge in [0.2, 0.25) is 10.0 Å². The van der Waals surface area contributed by atoms with Crippen LogP contribution in [0.3, 0.4) is 0 Å². The van der Waals surface area contributed by atoms with E-state index in [-0.39, 0.29) is 6.04 Å². The molecular weight excluding hydrogens is 330 g/mol. The molecule has 0 saturated carbocycles. The van der Waals surface area contributed by atoms with Gasteiger partial charge >= 0.3 is 0 Å². The molecule has 1 aromatic heterocycles. The molecule has 0 bridgehead atoms. The number of pyridine rings is 1. The van der Waals surface area contributed by atoms with Crippen molar-refractivity contribution in [3.05, 3.63) is 22.3 Å². The fourth-order valence-corrected chi connectivity index (χ4v) is 3.60. The van der Waals surface area contributed by atoms with Crippen LogP contribution >= 0.6 is 15.9 Å². The Bertz CT molecular complexity index is 562. The van der Waals surface area contributed by atoms with Crippen molar-refractivity contribution < 1.29 is 8.42 Å². The van der Waals surface area contributed by atoms with Crippen LogP contribution in [0, 0.1) is 6.92 Å². The van der Waals surface area contributed by atoms with E-state index in [4.69, 9.17) is 0 Å². The van der Waals surface area contributed by atoms with Crippen LogP contribution in [0.1, 0.15) is 18.4 Å². The van der Waals surface area contributed by atoms with Gasteiger partial charge in [0, 0.05) is 29.8 Å². The molecular formula is C12H18BrN3O2S. The first kappa shape index (κ1) is 14.7. The molecule has 1 aromatic rings. The molecule has 0 amide bonds. The van der Waals surface area contributed by atoms with Crippen LogP contribution in [0.15, 0.2) is 16.7 Å². The van der Waals surface area contributed by atoms with Gasteiger partial charge < -0.3 is 5.32 Å². The zero-order valence-electron chi connectivity index (χ0n) is 11.1. The summed E-state index contributed by atoms with van der Waals surface area (Å²) in [5.41, 5.74) is 1.05. The highest BCUT2D eigenvalue weighted by Gasteiger charge is 2.26. The van der Waals surface area contributed by atoms with E-state index in [0.29, 0.717) is 13.1 Å². The van der Waals surface area contributed by atoms with Gasteiger partial charge in [-0.15, -0.1) is 0 Å². The van der Waals surface area contributed by atoms with Crippen LogP contribution in [0.4, 0.5) is 5.82 Å². The standard InChI is InChI=1S/C12H18BrN3O2S/c1-9-6-10(13)7-14-12(9)15-11-4-3-5-16(8-11)19(2,17)18/h6-7,11H,3-5,8H2,1-2H3,(H,14,15). The number of halogens is 1. The maximum absolute atomic E-state index is 11.6. The van der Waals surface area contributed by atoms with Crippen LogP contribution in [-0.2, 0) is 10.0 Å². The molecule has 0 radical (unpaired) electrons. The van der Waals surface area contributed by atoms with Gasteiger partial charge in [0.1, 0.15) is 5.82 Å². The maximum atomic E-state index is 11.6. The molecule has 0 aromatic carbocycles. The average molecular weight is 348 g/mol. The number of nitrogens with zero attached hydrogens (tertiary/aromatic N) is 2.